The molecule has 1 amide bonds. The first-order valence-electron chi connectivity index (χ1n) is 12.5. The number of carbonyl (C=O) groups is 3. The Kier molecular flexibility index (Phi) is 7.86. The van der Waals surface area contributed by atoms with Crippen LogP contribution in [0.3, 0.4) is 0 Å². The molecule has 1 unspecified atom stereocenters. The third-order valence-corrected chi connectivity index (χ3v) is 7.38. The van der Waals surface area contributed by atoms with Crippen molar-refractivity contribution >= 4 is 23.5 Å². The lowest BCUT2D eigenvalue weighted by atomic mass is 9.94. The van der Waals surface area contributed by atoms with Gasteiger partial charge in [0.1, 0.15) is 6.61 Å². The van der Waals surface area contributed by atoms with Gasteiger partial charge >= 0.3 is 11.9 Å². The average Bonchev–Trinajstić information content (AvgIpc) is 2.88. The van der Waals surface area contributed by atoms with Gasteiger partial charge in [0.15, 0.2) is 12.6 Å². The van der Waals surface area contributed by atoms with Crippen LogP contribution in [0, 0.1) is 6.92 Å². The van der Waals surface area contributed by atoms with E-state index in [1.165, 1.54) is 7.11 Å². The van der Waals surface area contributed by atoms with Crippen molar-refractivity contribution in [2.45, 2.75) is 51.7 Å². The maximum atomic E-state index is 14.0. The molecule has 2 fully saturated rings. The smallest absolute Gasteiger partial charge is 0.362 e. The number of rotatable bonds is 7. The summed E-state index contributed by atoms with van der Waals surface area (Å²) in [5.74, 6) is -0.745. The number of methoxy groups -OCH3 is 1. The number of ether oxygens (including phenoxy) is 2. The Balaban J connectivity index is 1.58. The van der Waals surface area contributed by atoms with Crippen LogP contribution in [0.4, 0.5) is 5.69 Å². The summed E-state index contributed by atoms with van der Waals surface area (Å²) in [6, 6.07) is 14.7. The zero-order valence-electron chi connectivity index (χ0n) is 20.7. The summed E-state index contributed by atoms with van der Waals surface area (Å²) in [6.07, 6.45) is 4.60. The van der Waals surface area contributed by atoms with Gasteiger partial charge in [-0.05, 0) is 49.8 Å². The van der Waals surface area contributed by atoms with Crippen molar-refractivity contribution in [2.75, 3.05) is 38.2 Å². The molecule has 2 saturated heterocycles. The van der Waals surface area contributed by atoms with Crippen LogP contribution >= 0.6 is 0 Å². The molecule has 35 heavy (non-hydrogen) atoms. The Labute approximate surface area is 207 Å². The standard InChI is InChI=1S/C28H35N2O5/c1-21-11-9-14-23(28(33)34-2)26(21)29-16-10-15-24(27(29)32)30(17-7-4-8-18-30)19-25(31)35-20-22-12-5-3-6-13-22/h3,5-6,9,11-14,24H,4,7-8,10,15-20H2,1-2H3/q+1. The topological polar surface area (TPSA) is 72.9 Å². The summed E-state index contributed by atoms with van der Waals surface area (Å²) < 4.78 is 11.1. The first kappa shape index (κ1) is 24.9. The van der Waals surface area contributed by atoms with Gasteiger partial charge in [-0.3, -0.25) is 4.79 Å². The molecule has 0 radical (unpaired) electrons. The number of nitrogens with zero attached hydrogens (tertiary/aromatic N) is 2. The molecule has 7 nitrogen and oxygen atoms in total. The number of benzene rings is 2. The summed E-state index contributed by atoms with van der Waals surface area (Å²) >= 11 is 0. The van der Waals surface area contributed by atoms with Crippen LogP contribution in [-0.2, 0) is 25.7 Å². The number of hydrogen-bond acceptors (Lipinski definition) is 5. The van der Waals surface area contributed by atoms with E-state index in [1.54, 1.807) is 17.0 Å². The Morgan fingerprint density at radius 1 is 1.00 bits per heavy atom. The Bertz CT molecular complexity index is 1060. The minimum atomic E-state index is -0.454. The van der Waals surface area contributed by atoms with Gasteiger partial charge in [0.05, 0.1) is 31.5 Å². The molecule has 2 aromatic rings. The molecule has 4 rings (SSSR count). The highest BCUT2D eigenvalue weighted by Gasteiger charge is 2.48. The number of aryl methyl sites for hydroxylation is 1. The Morgan fingerprint density at radius 2 is 1.74 bits per heavy atom. The van der Waals surface area contributed by atoms with Gasteiger partial charge in [0.25, 0.3) is 5.91 Å². The SMILES string of the molecule is COC(=O)c1cccc(C)c1N1CCCC([N+]2(CC(=O)OCc3ccccc3)CCCCC2)C1=O. The molecule has 7 heteroatoms. The molecule has 1 atom stereocenters. The van der Waals surface area contributed by atoms with Gasteiger partial charge in [0, 0.05) is 13.0 Å². The number of carbonyl (C=O) groups excluding carboxylic acids is 3. The largest absolute Gasteiger partial charge is 0.465 e. The van der Waals surface area contributed by atoms with E-state index in [2.05, 4.69) is 0 Å². The predicted octanol–water partition coefficient (Wildman–Crippen LogP) is 4.02. The molecule has 2 aromatic carbocycles. The number of piperidine rings is 2. The number of para-hydroxylation sites is 1. The van der Waals surface area contributed by atoms with Crippen LogP contribution in [0.25, 0.3) is 0 Å². The normalized spacial score (nSPS) is 19.8. The van der Waals surface area contributed by atoms with Crippen LogP contribution < -0.4 is 4.90 Å². The van der Waals surface area contributed by atoms with Crippen molar-refractivity contribution in [3.05, 3.63) is 65.2 Å². The summed E-state index contributed by atoms with van der Waals surface area (Å²) in [7, 11) is 1.35. The molecular weight excluding hydrogens is 444 g/mol. The number of anilines is 1. The molecule has 0 saturated carbocycles. The first-order chi connectivity index (χ1) is 16.9. The first-order valence-corrected chi connectivity index (χ1v) is 12.5. The van der Waals surface area contributed by atoms with E-state index < -0.39 is 5.97 Å². The summed E-state index contributed by atoms with van der Waals surface area (Å²) in [4.78, 5) is 41.3. The summed E-state index contributed by atoms with van der Waals surface area (Å²) in [5, 5.41) is 0. The number of hydrogen-bond donors (Lipinski definition) is 0. The fourth-order valence-electron chi connectivity index (χ4n) is 5.64. The average molecular weight is 480 g/mol. The van der Waals surface area contributed by atoms with Gasteiger partial charge in [-0.2, -0.15) is 0 Å². The maximum absolute atomic E-state index is 14.0. The van der Waals surface area contributed by atoms with E-state index in [9.17, 15) is 14.4 Å². The molecule has 186 valence electrons. The predicted molar refractivity (Wildman–Crippen MR) is 133 cm³/mol. The quantitative estimate of drug-likeness (QED) is 0.443. The van der Waals surface area contributed by atoms with Crippen molar-refractivity contribution in [2.24, 2.45) is 0 Å². The zero-order chi connectivity index (χ0) is 24.8. The van der Waals surface area contributed by atoms with Gasteiger partial charge < -0.3 is 18.9 Å². The van der Waals surface area contributed by atoms with Crippen molar-refractivity contribution < 1.29 is 28.3 Å². The van der Waals surface area contributed by atoms with Crippen molar-refractivity contribution in [1.29, 1.82) is 0 Å². The third kappa shape index (κ3) is 5.40. The van der Waals surface area contributed by atoms with Crippen molar-refractivity contribution in [3.8, 4) is 0 Å². The molecule has 0 aliphatic carbocycles. The molecule has 2 aliphatic heterocycles. The monoisotopic (exact) mass is 479 g/mol. The van der Waals surface area contributed by atoms with Crippen LogP contribution in [0.5, 0.6) is 0 Å². The minimum Gasteiger partial charge on any atom is -0.465 e. The zero-order valence-corrected chi connectivity index (χ0v) is 20.7. The van der Waals surface area contributed by atoms with Crippen LogP contribution in [0.1, 0.15) is 53.6 Å². The van der Waals surface area contributed by atoms with Gasteiger partial charge in [-0.25, -0.2) is 9.59 Å². The highest BCUT2D eigenvalue weighted by molar-refractivity contribution is 6.05. The lowest BCUT2D eigenvalue weighted by molar-refractivity contribution is -0.940. The fourth-order valence-corrected chi connectivity index (χ4v) is 5.64. The Morgan fingerprint density at radius 3 is 2.46 bits per heavy atom. The van der Waals surface area contributed by atoms with Gasteiger partial charge in [-0.1, -0.05) is 42.5 Å². The Hall–Kier alpha value is -3.19. The van der Waals surface area contributed by atoms with Crippen molar-refractivity contribution in [1.82, 2.24) is 0 Å². The van der Waals surface area contributed by atoms with Gasteiger partial charge in [0.2, 0.25) is 0 Å². The number of likely N-dealkylation sites (tertiary alicyclic amines) is 1. The van der Waals surface area contributed by atoms with E-state index in [4.69, 9.17) is 9.47 Å². The molecule has 0 spiro atoms. The lowest BCUT2D eigenvalue weighted by Crippen LogP contribution is -2.66. The molecule has 0 aromatic heterocycles. The third-order valence-electron chi connectivity index (χ3n) is 7.38. The highest BCUT2D eigenvalue weighted by atomic mass is 16.5. The van der Waals surface area contributed by atoms with E-state index in [1.807, 2.05) is 43.3 Å². The van der Waals surface area contributed by atoms with Gasteiger partial charge in [-0.15, -0.1) is 0 Å². The van der Waals surface area contributed by atoms with Crippen molar-refractivity contribution in [3.63, 3.8) is 0 Å². The number of esters is 2. The molecule has 0 bridgehead atoms. The van der Waals surface area contributed by atoms with E-state index in [0.29, 0.717) is 22.3 Å². The minimum absolute atomic E-state index is 0.0199. The number of amides is 1. The second-order valence-electron chi connectivity index (χ2n) is 9.64. The van der Waals surface area contributed by atoms with Crippen LogP contribution in [-0.4, -0.2) is 61.7 Å². The molecule has 0 N–H and O–H groups in total. The van der Waals surface area contributed by atoms with Crippen LogP contribution in [0.15, 0.2) is 48.5 Å². The maximum Gasteiger partial charge on any atom is 0.362 e. The second kappa shape index (κ2) is 11.0. The molecule has 2 aliphatic rings. The highest BCUT2D eigenvalue weighted by Crippen LogP contribution is 2.34. The molecular formula is C28H35N2O5+. The van der Waals surface area contributed by atoms with E-state index in [-0.39, 0.29) is 31.1 Å². The summed E-state index contributed by atoms with van der Waals surface area (Å²) in [5.41, 5.74) is 2.82. The lowest BCUT2D eigenvalue weighted by Gasteiger charge is -2.48. The number of quaternary nitrogens is 1. The fraction of sp³-hybridized carbons (Fsp3) is 0.464. The van der Waals surface area contributed by atoms with E-state index >= 15 is 0 Å². The summed E-state index contributed by atoms with van der Waals surface area (Å²) in [6.45, 7) is 4.43. The molecule has 2 heterocycles. The second-order valence-corrected chi connectivity index (χ2v) is 9.64. The van der Waals surface area contributed by atoms with Crippen LogP contribution in [0.2, 0.25) is 0 Å². The van der Waals surface area contributed by atoms with E-state index in [0.717, 1.165) is 56.3 Å².